The summed E-state index contributed by atoms with van der Waals surface area (Å²) in [6.07, 6.45) is 7.59. The largest absolute Gasteiger partial charge is 0.352 e. The van der Waals surface area contributed by atoms with E-state index in [1.165, 1.54) is 32.1 Å². The van der Waals surface area contributed by atoms with Gasteiger partial charge in [0.25, 0.3) is 5.91 Å². The van der Waals surface area contributed by atoms with Crippen LogP contribution in [0.1, 0.15) is 59.2 Å². The van der Waals surface area contributed by atoms with Gasteiger partial charge in [0.2, 0.25) is 0 Å². The Balaban J connectivity index is 1.86. The third-order valence-corrected chi connectivity index (χ3v) is 5.04. The number of halogens is 2. The maximum atomic E-state index is 12.1. The van der Waals surface area contributed by atoms with E-state index in [9.17, 15) is 9.59 Å². The van der Waals surface area contributed by atoms with Crippen LogP contribution in [0.4, 0.5) is 0 Å². The van der Waals surface area contributed by atoms with Crippen LogP contribution in [-0.4, -0.2) is 23.6 Å². The van der Waals surface area contributed by atoms with E-state index < -0.39 is 0 Å². The molecule has 0 aromatic heterocycles. The molecule has 0 atom stereocenters. The van der Waals surface area contributed by atoms with Crippen molar-refractivity contribution < 1.29 is 9.59 Å². The van der Waals surface area contributed by atoms with E-state index in [4.69, 9.17) is 11.6 Å². The molecule has 0 spiro atoms. The summed E-state index contributed by atoms with van der Waals surface area (Å²) < 4.78 is 0. The van der Waals surface area contributed by atoms with E-state index in [1.807, 2.05) is 0 Å². The van der Waals surface area contributed by atoms with Gasteiger partial charge in [0.15, 0.2) is 5.78 Å². The molecule has 5 heteroatoms. The van der Waals surface area contributed by atoms with E-state index in [0.717, 1.165) is 12.3 Å². The van der Waals surface area contributed by atoms with Gasteiger partial charge in [-0.05, 0) is 30.5 Å². The van der Waals surface area contributed by atoms with Gasteiger partial charge < -0.3 is 5.32 Å². The maximum absolute atomic E-state index is 12.1. The van der Waals surface area contributed by atoms with E-state index in [1.54, 1.807) is 18.2 Å². The van der Waals surface area contributed by atoms with Crippen molar-refractivity contribution in [2.75, 3.05) is 11.9 Å². The molecule has 1 aliphatic rings. The van der Waals surface area contributed by atoms with E-state index >= 15 is 0 Å². The van der Waals surface area contributed by atoms with Crippen LogP contribution < -0.4 is 5.32 Å². The Hall–Kier alpha value is -0.870. The van der Waals surface area contributed by atoms with Crippen LogP contribution in [-0.2, 0) is 0 Å². The van der Waals surface area contributed by atoms with E-state index in [2.05, 4.69) is 21.2 Å². The minimum absolute atomic E-state index is 0.0887. The zero-order chi connectivity index (χ0) is 15.9. The first-order valence-corrected chi connectivity index (χ1v) is 9.28. The highest BCUT2D eigenvalue weighted by molar-refractivity contribution is 9.09. The predicted molar refractivity (Wildman–Crippen MR) is 93.1 cm³/mol. The molecule has 1 amide bonds. The Morgan fingerprint density at radius 1 is 1.23 bits per heavy atom. The number of amides is 1. The Labute approximate surface area is 144 Å². The number of rotatable bonds is 6. The normalized spacial score (nSPS) is 15.5. The number of hydrogen-bond acceptors (Lipinski definition) is 2. The summed E-state index contributed by atoms with van der Waals surface area (Å²) >= 11 is 9.20. The molecule has 2 rings (SSSR count). The SMILES string of the molecule is O=C(NCCC1CCCCC1)c1ccc(C(=O)CBr)c(Cl)c1. The molecule has 0 radical (unpaired) electrons. The Kier molecular flexibility index (Phi) is 6.90. The lowest BCUT2D eigenvalue weighted by Gasteiger charge is -2.21. The van der Waals surface area contributed by atoms with Crippen molar-refractivity contribution in [3.63, 3.8) is 0 Å². The molecule has 0 bridgehead atoms. The third kappa shape index (κ3) is 4.82. The van der Waals surface area contributed by atoms with Gasteiger partial charge in [-0.25, -0.2) is 0 Å². The lowest BCUT2D eigenvalue weighted by molar-refractivity contribution is 0.0948. The average molecular weight is 387 g/mol. The number of nitrogens with one attached hydrogen (secondary N) is 1. The molecule has 1 saturated carbocycles. The molecular formula is C17H21BrClNO2. The standard InChI is InChI=1S/C17H21BrClNO2/c18-11-16(21)14-7-6-13(10-15(14)19)17(22)20-9-8-12-4-2-1-3-5-12/h6-7,10,12H,1-5,8-9,11H2,(H,20,22). The van der Waals surface area contributed by atoms with Crippen molar-refractivity contribution in [1.29, 1.82) is 0 Å². The summed E-state index contributed by atoms with van der Waals surface area (Å²) in [4.78, 5) is 23.8. The van der Waals surface area contributed by atoms with Crippen molar-refractivity contribution in [1.82, 2.24) is 5.32 Å². The first-order chi connectivity index (χ1) is 10.6. The second kappa shape index (κ2) is 8.68. The van der Waals surface area contributed by atoms with Gasteiger partial charge in [-0.3, -0.25) is 9.59 Å². The molecule has 1 fully saturated rings. The molecule has 0 aliphatic heterocycles. The van der Waals surface area contributed by atoms with Gasteiger partial charge in [-0.2, -0.15) is 0 Å². The molecule has 0 unspecified atom stereocenters. The summed E-state index contributed by atoms with van der Waals surface area (Å²) in [5.74, 6) is 0.529. The molecule has 0 heterocycles. The van der Waals surface area contributed by atoms with Gasteiger partial charge in [-0.1, -0.05) is 59.6 Å². The van der Waals surface area contributed by atoms with Gasteiger partial charge in [0.05, 0.1) is 10.4 Å². The van der Waals surface area contributed by atoms with Crippen LogP contribution in [0.5, 0.6) is 0 Å². The molecule has 120 valence electrons. The Morgan fingerprint density at radius 2 is 1.95 bits per heavy atom. The summed E-state index contributed by atoms with van der Waals surface area (Å²) in [6.45, 7) is 0.698. The highest BCUT2D eigenvalue weighted by Gasteiger charge is 2.15. The molecule has 0 saturated heterocycles. The summed E-state index contributed by atoms with van der Waals surface area (Å²) in [6, 6.07) is 4.83. The van der Waals surface area contributed by atoms with Gasteiger partial charge >= 0.3 is 0 Å². The first-order valence-electron chi connectivity index (χ1n) is 7.78. The molecule has 3 nitrogen and oxygen atoms in total. The fourth-order valence-electron chi connectivity index (χ4n) is 2.92. The number of carbonyl (C=O) groups excluding carboxylic acids is 2. The van der Waals surface area contributed by atoms with Crippen molar-refractivity contribution in [2.45, 2.75) is 38.5 Å². The van der Waals surface area contributed by atoms with E-state index in [0.29, 0.717) is 22.7 Å². The third-order valence-electron chi connectivity index (χ3n) is 4.22. The number of carbonyl (C=O) groups is 2. The number of Topliss-reactive ketones (excluding diaryl/α,β-unsaturated/α-hetero) is 1. The smallest absolute Gasteiger partial charge is 0.251 e. The highest BCUT2D eigenvalue weighted by Crippen LogP contribution is 2.25. The van der Waals surface area contributed by atoms with Gasteiger partial charge in [0.1, 0.15) is 0 Å². The number of benzene rings is 1. The lowest BCUT2D eigenvalue weighted by Crippen LogP contribution is -2.26. The minimum Gasteiger partial charge on any atom is -0.352 e. The monoisotopic (exact) mass is 385 g/mol. The minimum atomic E-state index is -0.129. The summed E-state index contributed by atoms with van der Waals surface area (Å²) in [5.41, 5.74) is 0.942. The molecular weight excluding hydrogens is 366 g/mol. The number of alkyl halides is 1. The van der Waals surface area contributed by atoms with Crippen LogP contribution in [0.2, 0.25) is 5.02 Å². The van der Waals surface area contributed by atoms with Crippen molar-refractivity contribution >= 4 is 39.2 Å². The molecule has 1 N–H and O–H groups in total. The van der Waals surface area contributed by atoms with Crippen LogP contribution in [0.25, 0.3) is 0 Å². The fraction of sp³-hybridized carbons (Fsp3) is 0.529. The van der Waals surface area contributed by atoms with Gasteiger partial charge in [0, 0.05) is 17.7 Å². The number of hydrogen-bond donors (Lipinski definition) is 1. The van der Waals surface area contributed by atoms with Crippen molar-refractivity contribution in [3.05, 3.63) is 34.3 Å². The number of ketones is 1. The van der Waals surface area contributed by atoms with Gasteiger partial charge in [-0.15, -0.1) is 0 Å². The van der Waals surface area contributed by atoms with Crippen LogP contribution in [0.3, 0.4) is 0 Å². The zero-order valence-electron chi connectivity index (χ0n) is 12.5. The topological polar surface area (TPSA) is 46.2 Å². The fourth-order valence-corrected chi connectivity index (χ4v) is 3.51. The van der Waals surface area contributed by atoms with Crippen molar-refractivity contribution in [3.8, 4) is 0 Å². The van der Waals surface area contributed by atoms with E-state index in [-0.39, 0.29) is 17.0 Å². The van der Waals surface area contributed by atoms with Crippen LogP contribution >= 0.6 is 27.5 Å². The quantitative estimate of drug-likeness (QED) is 0.573. The Bertz CT molecular complexity index is 541. The maximum Gasteiger partial charge on any atom is 0.251 e. The molecule has 22 heavy (non-hydrogen) atoms. The lowest BCUT2D eigenvalue weighted by atomic mass is 9.87. The summed E-state index contributed by atoms with van der Waals surface area (Å²) in [7, 11) is 0. The second-order valence-corrected chi connectivity index (χ2v) is 6.77. The Morgan fingerprint density at radius 3 is 2.59 bits per heavy atom. The molecule has 1 aromatic rings. The van der Waals surface area contributed by atoms with Crippen LogP contribution in [0.15, 0.2) is 18.2 Å². The molecule has 1 aliphatic carbocycles. The van der Waals surface area contributed by atoms with Crippen molar-refractivity contribution in [2.24, 2.45) is 5.92 Å². The predicted octanol–water partition coefficient (Wildman–Crippen LogP) is 4.62. The zero-order valence-corrected chi connectivity index (χ0v) is 14.9. The van der Waals surface area contributed by atoms with Crippen LogP contribution in [0, 0.1) is 5.92 Å². The highest BCUT2D eigenvalue weighted by atomic mass is 79.9. The summed E-state index contributed by atoms with van der Waals surface area (Å²) in [5, 5.41) is 3.49. The molecule has 1 aromatic carbocycles. The first kappa shape index (κ1) is 17.5. The second-order valence-electron chi connectivity index (χ2n) is 5.80. The average Bonchev–Trinajstić information content (AvgIpc) is 2.55.